The smallest absolute Gasteiger partial charge is 0.345 e. The van der Waals surface area contributed by atoms with E-state index in [1.807, 2.05) is 0 Å². The molecule has 80 valence electrons. The lowest BCUT2D eigenvalue weighted by atomic mass is 10.2. The molecule has 0 radical (unpaired) electrons. The molecule has 0 N–H and O–H groups in total. The number of nitro benzene ring substituents is 1. The molecule has 0 spiro atoms. The molecule has 0 aliphatic heterocycles. The van der Waals surface area contributed by atoms with Gasteiger partial charge in [0.05, 0.1) is 16.4 Å². The van der Waals surface area contributed by atoms with Crippen molar-refractivity contribution in [1.82, 2.24) is 0 Å². The zero-order chi connectivity index (χ0) is 11.4. The normalized spacial score (nSPS) is 9.73. The van der Waals surface area contributed by atoms with Crippen molar-refractivity contribution >= 4 is 24.3 Å². The predicted molar refractivity (Wildman–Crippen MR) is 56.3 cm³/mol. The molecule has 6 heteroatoms. The van der Waals surface area contributed by atoms with Crippen LogP contribution in [0.1, 0.15) is 17.3 Å². The molecule has 0 unspecified atom stereocenters. The van der Waals surface area contributed by atoms with Gasteiger partial charge >= 0.3 is 5.97 Å². The molecule has 0 fully saturated rings. The van der Waals surface area contributed by atoms with Gasteiger partial charge in [-0.2, -0.15) is 0 Å². The Bertz CT molecular complexity index is 405. The van der Waals surface area contributed by atoms with Crippen LogP contribution in [0, 0.1) is 10.1 Å². The van der Waals surface area contributed by atoms with Gasteiger partial charge in [0.1, 0.15) is 5.56 Å². The molecule has 1 aromatic rings. The first-order valence-electron chi connectivity index (χ1n) is 4.21. The molecule has 0 aliphatic rings. The Morgan fingerprint density at radius 1 is 1.60 bits per heavy atom. The molecule has 0 saturated carbocycles. The minimum Gasteiger partial charge on any atom is -0.462 e. The maximum absolute atomic E-state index is 11.4. The van der Waals surface area contributed by atoms with Crippen LogP contribution in [-0.4, -0.2) is 17.5 Å². The lowest BCUT2D eigenvalue weighted by Gasteiger charge is -2.03. The summed E-state index contributed by atoms with van der Waals surface area (Å²) in [6, 6.07) is 4.31. The molecule has 1 rings (SSSR count). The highest BCUT2D eigenvalue weighted by Gasteiger charge is 2.23. The fraction of sp³-hybridized carbons (Fsp3) is 0.222. The summed E-state index contributed by atoms with van der Waals surface area (Å²) in [7, 11) is 0. The summed E-state index contributed by atoms with van der Waals surface area (Å²) in [5.41, 5.74) is -0.395. The molecule has 0 aliphatic carbocycles. The Hall–Kier alpha value is -1.56. The van der Waals surface area contributed by atoms with Crippen LogP contribution >= 0.6 is 12.6 Å². The average molecular weight is 227 g/mol. The van der Waals surface area contributed by atoms with E-state index >= 15 is 0 Å². The second-order valence-electron chi connectivity index (χ2n) is 2.65. The maximum atomic E-state index is 11.4. The summed E-state index contributed by atoms with van der Waals surface area (Å²) in [6.45, 7) is 1.81. The number of para-hydroxylation sites is 1. The number of rotatable bonds is 3. The molecule has 15 heavy (non-hydrogen) atoms. The first-order chi connectivity index (χ1) is 7.07. The third-order valence-electron chi connectivity index (χ3n) is 1.69. The Balaban J connectivity index is 3.23. The van der Waals surface area contributed by atoms with Gasteiger partial charge in [-0.3, -0.25) is 10.1 Å². The third-order valence-corrected chi connectivity index (χ3v) is 2.05. The topological polar surface area (TPSA) is 69.4 Å². The lowest BCUT2D eigenvalue weighted by Crippen LogP contribution is -2.08. The second kappa shape index (κ2) is 4.79. The molecule has 5 nitrogen and oxygen atoms in total. The summed E-state index contributed by atoms with van der Waals surface area (Å²) in [5, 5.41) is 10.7. The number of esters is 1. The number of thiol groups is 1. The number of nitrogens with zero attached hydrogens (tertiary/aromatic N) is 1. The zero-order valence-electron chi connectivity index (χ0n) is 7.97. The van der Waals surface area contributed by atoms with Crippen molar-refractivity contribution in [3.63, 3.8) is 0 Å². The summed E-state index contributed by atoms with van der Waals surface area (Å²) >= 11 is 3.92. The second-order valence-corrected chi connectivity index (χ2v) is 3.13. The SMILES string of the molecule is CCOC(=O)c1cccc(S)c1[N+](=O)[O-]. The van der Waals surface area contributed by atoms with Crippen molar-refractivity contribution in [1.29, 1.82) is 0 Å². The molecular formula is C9H9NO4S. The van der Waals surface area contributed by atoms with Gasteiger partial charge in [-0.15, -0.1) is 12.6 Å². The zero-order valence-corrected chi connectivity index (χ0v) is 8.86. The van der Waals surface area contributed by atoms with Gasteiger partial charge in [0, 0.05) is 0 Å². The summed E-state index contributed by atoms with van der Waals surface area (Å²) in [4.78, 5) is 21.6. The number of carbonyl (C=O) groups is 1. The molecule has 0 saturated heterocycles. The number of benzene rings is 1. The lowest BCUT2D eigenvalue weighted by molar-refractivity contribution is -0.388. The molecule has 0 heterocycles. The number of hydrogen-bond acceptors (Lipinski definition) is 5. The average Bonchev–Trinajstić information content (AvgIpc) is 2.17. The van der Waals surface area contributed by atoms with Crippen LogP contribution in [0.15, 0.2) is 23.1 Å². The minimum atomic E-state index is -0.708. The van der Waals surface area contributed by atoms with E-state index in [0.717, 1.165) is 0 Å². The fourth-order valence-electron chi connectivity index (χ4n) is 1.10. The molecule has 0 aromatic heterocycles. The quantitative estimate of drug-likeness (QED) is 0.371. The number of ether oxygens (including phenoxy) is 1. The van der Waals surface area contributed by atoms with Gasteiger partial charge < -0.3 is 4.74 Å². The van der Waals surface area contributed by atoms with E-state index in [9.17, 15) is 14.9 Å². The Morgan fingerprint density at radius 3 is 2.80 bits per heavy atom. The fourth-order valence-corrected chi connectivity index (χ4v) is 1.38. The van der Waals surface area contributed by atoms with Crippen LogP contribution in [-0.2, 0) is 4.74 Å². The highest BCUT2D eigenvalue weighted by molar-refractivity contribution is 7.80. The largest absolute Gasteiger partial charge is 0.462 e. The van der Waals surface area contributed by atoms with Gasteiger partial charge in [-0.25, -0.2) is 4.79 Å². The summed E-state index contributed by atoms with van der Waals surface area (Å²) in [5.74, 6) is -0.708. The van der Waals surface area contributed by atoms with Crippen LogP contribution in [0.4, 0.5) is 5.69 Å². The first-order valence-corrected chi connectivity index (χ1v) is 4.66. The van der Waals surface area contributed by atoms with Gasteiger partial charge in [0.2, 0.25) is 0 Å². The molecule has 0 atom stereocenters. The number of nitro groups is 1. The van der Waals surface area contributed by atoms with Crippen molar-refractivity contribution in [3.8, 4) is 0 Å². The van der Waals surface area contributed by atoms with Crippen molar-refractivity contribution < 1.29 is 14.5 Å². The highest BCUT2D eigenvalue weighted by Crippen LogP contribution is 2.27. The Morgan fingerprint density at radius 2 is 2.27 bits per heavy atom. The summed E-state index contributed by atoms with van der Waals surface area (Å²) in [6.07, 6.45) is 0. The van der Waals surface area contributed by atoms with Crippen molar-refractivity contribution in [2.24, 2.45) is 0 Å². The third kappa shape index (κ3) is 2.47. The van der Waals surface area contributed by atoms with Gasteiger partial charge in [0.15, 0.2) is 0 Å². The molecule has 0 amide bonds. The van der Waals surface area contributed by atoms with E-state index < -0.39 is 10.9 Å². The minimum absolute atomic E-state index is 0.0747. The van der Waals surface area contributed by atoms with Crippen LogP contribution in [0.3, 0.4) is 0 Å². The number of carbonyl (C=O) groups excluding carboxylic acids is 1. The van der Waals surface area contributed by atoms with E-state index in [2.05, 4.69) is 12.6 Å². The van der Waals surface area contributed by atoms with Crippen LogP contribution in [0.25, 0.3) is 0 Å². The summed E-state index contributed by atoms with van der Waals surface area (Å²) < 4.78 is 4.70. The van der Waals surface area contributed by atoms with Gasteiger partial charge in [-0.1, -0.05) is 6.07 Å². The monoisotopic (exact) mass is 227 g/mol. The standard InChI is InChI=1S/C9H9NO4S/c1-2-14-9(11)6-4-3-5-7(15)8(6)10(12)13/h3-5,15H,2H2,1H3. The van der Waals surface area contributed by atoms with E-state index in [1.165, 1.54) is 18.2 Å². The molecular weight excluding hydrogens is 218 g/mol. The van der Waals surface area contributed by atoms with Crippen LogP contribution in [0.2, 0.25) is 0 Å². The predicted octanol–water partition coefficient (Wildman–Crippen LogP) is 2.06. The molecule has 0 bridgehead atoms. The van der Waals surface area contributed by atoms with Crippen LogP contribution < -0.4 is 0 Å². The van der Waals surface area contributed by atoms with Crippen molar-refractivity contribution in [2.75, 3.05) is 6.61 Å². The van der Waals surface area contributed by atoms with Crippen molar-refractivity contribution in [3.05, 3.63) is 33.9 Å². The molecule has 1 aromatic carbocycles. The maximum Gasteiger partial charge on any atom is 0.345 e. The van der Waals surface area contributed by atoms with Crippen LogP contribution in [0.5, 0.6) is 0 Å². The van der Waals surface area contributed by atoms with E-state index in [1.54, 1.807) is 6.92 Å². The van der Waals surface area contributed by atoms with Crippen molar-refractivity contribution in [2.45, 2.75) is 11.8 Å². The highest BCUT2D eigenvalue weighted by atomic mass is 32.1. The van der Waals surface area contributed by atoms with Gasteiger partial charge in [0.25, 0.3) is 5.69 Å². The Labute approximate surface area is 91.6 Å². The number of hydrogen-bond donors (Lipinski definition) is 1. The van der Waals surface area contributed by atoms with Gasteiger partial charge in [-0.05, 0) is 19.1 Å². The van der Waals surface area contributed by atoms with E-state index in [4.69, 9.17) is 4.74 Å². The Kier molecular flexibility index (Phi) is 3.68. The first kappa shape index (κ1) is 11.5. The van der Waals surface area contributed by atoms with E-state index in [-0.39, 0.29) is 22.8 Å². The van der Waals surface area contributed by atoms with E-state index in [0.29, 0.717) is 0 Å².